The standard InChI is InChI=1S/C25H35N3O5/c1-24(2,3)33-23(31)27-12-10-25(11-13-27)21(29)26(4)22(30)28(25)16-19-14-20(15-19)32-17-18-8-6-5-7-9-18/h5-9,19-20H,10-17H2,1-4H3. The van der Waals surface area contributed by atoms with E-state index < -0.39 is 11.1 Å². The Morgan fingerprint density at radius 3 is 2.33 bits per heavy atom. The molecule has 8 heteroatoms. The van der Waals surface area contributed by atoms with Crippen molar-refractivity contribution in [3.8, 4) is 0 Å². The van der Waals surface area contributed by atoms with Crippen LogP contribution < -0.4 is 0 Å². The van der Waals surface area contributed by atoms with Crippen molar-refractivity contribution in [2.24, 2.45) is 5.92 Å². The van der Waals surface area contributed by atoms with Crippen molar-refractivity contribution in [3.63, 3.8) is 0 Å². The van der Waals surface area contributed by atoms with E-state index in [-0.39, 0.29) is 24.1 Å². The maximum absolute atomic E-state index is 13.1. The SMILES string of the molecule is CN1C(=O)N(CC2CC(OCc3ccccc3)C2)C2(CCN(C(=O)OC(C)(C)C)CC2)C1=O. The lowest BCUT2D eigenvalue weighted by molar-refractivity contribution is -0.135. The second-order valence-electron chi connectivity index (χ2n) is 10.5. The number of carbonyl (C=O) groups excluding carboxylic acids is 3. The first-order valence-corrected chi connectivity index (χ1v) is 11.8. The summed E-state index contributed by atoms with van der Waals surface area (Å²) >= 11 is 0. The Balaban J connectivity index is 1.33. The normalized spacial score (nSPS) is 24.9. The van der Waals surface area contributed by atoms with Gasteiger partial charge in [0.1, 0.15) is 11.1 Å². The van der Waals surface area contributed by atoms with Crippen LogP contribution in [0.3, 0.4) is 0 Å². The third-order valence-electron chi connectivity index (χ3n) is 6.94. The molecule has 2 heterocycles. The lowest BCUT2D eigenvalue weighted by atomic mass is 9.79. The average Bonchev–Trinajstić information content (AvgIpc) is 2.91. The van der Waals surface area contributed by atoms with Crippen LogP contribution in [0.25, 0.3) is 0 Å². The largest absolute Gasteiger partial charge is 0.444 e. The number of amides is 4. The van der Waals surface area contributed by atoms with Gasteiger partial charge in [0.15, 0.2) is 0 Å². The van der Waals surface area contributed by atoms with E-state index in [0.29, 0.717) is 45.0 Å². The average molecular weight is 458 g/mol. The molecule has 4 rings (SSSR count). The molecule has 3 aliphatic rings. The molecule has 2 saturated heterocycles. The minimum Gasteiger partial charge on any atom is -0.444 e. The Morgan fingerprint density at radius 1 is 1.09 bits per heavy atom. The molecule has 2 aliphatic heterocycles. The predicted octanol–water partition coefficient (Wildman–Crippen LogP) is 3.65. The quantitative estimate of drug-likeness (QED) is 0.631. The van der Waals surface area contributed by atoms with Crippen LogP contribution in [0, 0.1) is 5.92 Å². The van der Waals surface area contributed by atoms with Crippen molar-refractivity contribution in [3.05, 3.63) is 35.9 Å². The van der Waals surface area contributed by atoms with Crippen molar-refractivity contribution in [2.45, 2.75) is 70.3 Å². The molecule has 0 unspecified atom stereocenters. The van der Waals surface area contributed by atoms with Crippen LogP contribution in [-0.4, -0.2) is 76.7 Å². The van der Waals surface area contributed by atoms with Gasteiger partial charge in [0.25, 0.3) is 5.91 Å². The van der Waals surface area contributed by atoms with Crippen LogP contribution in [0.5, 0.6) is 0 Å². The van der Waals surface area contributed by atoms with Gasteiger partial charge in [0.2, 0.25) is 0 Å². The smallest absolute Gasteiger partial charge is 0.410 e. The Labute approximate surface area is 195 Å². The maximum atomic E-state index is 13.1. The highest BCUT2D eigenvalue weighted by Crippen LogP contribution is 2.40. The van der Waals surface area contributed by atoms with Crippen LogP contribution in [-0.2, 0) is 20.9 Å². The molecule has 180 valence electrons. The summed E-state index contributed by atoms with van der Waals surface area (Å²) in [7, 11) is 1.55. The van der Waals surface area contributed by atoms with Crippen LogP contribution in [0.2, 0.25) is 0 Å². The van der Waals surface area contributed by atoms with Gasteiger partial charge < -0.3 is 19.3 Å². The summed E-state index contributed by atoms with van der Waals surface area (Å²) in [5.41, 5.74) is -0.278. The number of piperidine rings is 1. The van der Waals surface area contributed by atoms with Crippen LogP contribution in [0.15, 0.2) is 30.3 Å². The van der Waals surface area contributed by atoms with E-state index in [9.17, 15) is 14.4 Å². The number of likely N-dealkylation sites (tertiary alicyclic amines) is 1. The van der Waals surface area contributed by atoms with E-state index in [4.69, 9.17) is 9.47 Å². The van der Waals surface area contributed by atoms with Crippen molar-refractivity contribution in [1.82, 2.24) is 14.7 Å². The third kappa shape index (κ3) is 4.86. The minimum absolute atomic E-state index is 0.160. The van der Waals surface area contributed by atoms with E-state index in [1.165, 1.54) is 4.90 Å². The first-order valence-electron chi connectivity index (χ1n) is 11.8. The Morgan fingerprint density at radius 2 is 1.73 bits per heavy atom. The molecule has 0 N–H and O–H groups in total. The monoisotopic (exact) mass is 457 g/mol. The van der Waals surface area contributed by atoms with Gasteiger partial charge in [-0.15, -0.1) is 0 Å². The van der Waals surface area contributed by atoms with Crippen LogP contribution >= 0.6 is 0 Å². The molecule has 1 aromatic carbocycles. The molecule has 0 atom stereocenters. The summed E-state index contributed by atoms with van der Waals surface area (Å²) in [6.45, 7) is 7.43. The van der Waals surface area contributed by atoms with Crippen molar-refractivity contribution >= 4 is 18.0 Å². The highest BCUT2D eigenvalue weighted by atomic mass is 16.6. The molecule has 4 amide bonds. The summed E-state index contributed by atoms with van der Waals surface area (Å²) in [5.74, 6) is 0.155. The number of imide groups is 1. The highest BCUT2D eigenvalue weighted by molar-refractivity contribution is 6.06. The molecular formula is C25H35N3O5. The van der Waals surface area contributed by atoms with Crippen LogP contribution in [0.1, 0.15) is 52.0 Å². The molecule has 0 aromatic heterocycles. The van der Waals surface area contributed by atoms with E-state index in [1.54, 1.807) is 16.8 Å². The number of likely N-dealkylation sites (N-methyl/N-ethyl adjacent to an activating group) is 1. The lowest BCUT2D eigenvalue weighted by Gasteiger charge is -2.45. The molecule has 3 fully saturated rings. The third-order valence-corrected chi connectivity index (χ3v) is 6.94. The molecule has 1 spiro atoms. The number of rotatable bonds is 5. The number of hydrogen-bond acceptors (Lipinski definition) is 5. The fourth-order valence-electron chi connectivity index (χ4n) is 5.01. The maximum Gasteiger partial charge on any atom is 0.410 e. The molecule has 1 saturated carbocycles. The first kappa shape index (κ1) is 23.5. The van der Waals surface area contributed by atoms with Gasteiger partial charge in [-0.2, -0.15) is 0 Å². The zero-order valence-corrected chi connectivity index (χ0v) is 20.1. The number of nitrogens with zero attached hydrogens (tertiary/aromatic N) is 3. The number of benzene rings is 1. The van der Waals surface area contributed by atoms with Gasteiger partial charge in [0, 0.05) is 26.7 Å². The summed E-state index contributed by atoms with van der Waals surface area (Å²) in [6, 6.07) is 9.86. The van der Waals surface area contributed by atoms with Gasteiger partial charge in [-0.3, -0.25) is 9.69 Å². The number of carbonyl (C=O) groups is 3. The second kappa shape index (κ2) is 8.97. The Bertz CT molecular complexity index is 883. The number of hydrogen-bond donors (Lipinski definition) is 0. The molecule has 1 aromatic rings. The van der Waals surface area contributed by atoms with Crippen molar-refractivity contribution < 1.29 is 23.9 Å². The number of ether oxygens (including phenoxy) is 2. The number of urea groups is 1. The zero-order valence-electron chi connectivity index (χ0n) is 20.1. The van der Waals surface area contributed by atoms with Gasteiger partial charge in [0.05, 0.1) is 12.7 Å². The van der Waals surface area contributed by atoms with E-state index in [0.717, 1.165) is 18.4 Å². The molecule has 0 bridgehead atoms. The van der Waals surface area contributed by atoms with Gasteiger partial charge in [-0.25, -0.2) is 9.59 Å². The van der Waals surface area contributed by atoms with Crippen LogP contribution in [0.4, 0.5) is 9.59 Å². The molecular weight excluding hydrogens is 422 g/mol. The second-order valence-corrected chi connectivity index (χ2v) is 10.5. The van der Waals surface area contributed by atoms with Gasteiger partial charge in [-0.05, 0) is 57.9 Å². The van der Waals surface area contributed by atoms with E-state index in [2.05, 4.69) is 0 Å². The Kier molecular flexibility index (Phi) is 6.40. The predicted molar refractivity (Wildman–Crippen MR) is 122 cm³/mol. The fraction of sp³-hybridized carbons (Fsp3) is 0.640. The van der Waals surface area contributed by atoms with E-state index in [1.807, 2.05) is 51.1 Å². The summed E-state index contributed by atoms with van der Waals surface area (Å²) in [5, 5.41) is 0. The highest BCUT2D eigenvalue weighted by Gasteiger charge is 2.58. The summed E-state index contributed by atoms with van der Waals surface area (Å²) < 4.78 is 11.5. The Hall–Kier alpha value is -2.61. The first-order chi connectivity index (χ1) is 15.6. The van der Waals surface area contributed by atoms with Crippen molar-refractivity contribution in [2.75, 3.05) is 26.7 Å². The minimum atomic E-state index is -0.861. The van der Waals surface area contributed by atoms with Gasteiger partial charge >= 0.3 is 12.1 Å². The lowest BCUT2D eigenvalue weighted by Crippen LogP contribution is -2.59. The fourth-order valence-corrected chi connectivity index (χ4v) is 5.01. The molecule has 33 heavy (non-hydrogen) atoms. The van der Waals surface area contributed by atoms with E-state index >= 15 is 0 Å². The summed E-state index contributed by atoms with van der Waals surface area (Å²) in [6.07, 6.45) is 2.45. The molecule has 1 aliphatic carbocycles. The van der Waals surface area contributed by atoms with Crippen molar-refractivity contribution in [1.29, 1.82) is 0 Å². The topological polar surface area (TPSA) is 79.4 Å². The summed E-state index contributed by atoms with van der Waals surface area (Å²) in [4.78, 5) is 43.2. The zero-order chi connectivity index (χ0) is 23.8. The van der Waals surface area contributed by atoms with Gasteiger partial charge in [-0.1, -0.05) is 30.3 Å². The molecule has 0 radical (unpaired) electrons. The molecule has 8 nitrogen and oxygen atoms in total.